The summed E-state index contributed by atoms with van der Waals surface area (Å²) in [5, 5.41) is 18.2. The van der Waals surface area contributed by atoms with Crippen LogP contribution in [0.5, 0.6) is 0 Å². The number of hydrogen-bond donors (Lipinski definition) is 3. The van der Waals surface area contributed by atoms with Crippen LogP contribution >= 0.6 is 12.6 Å². The lowest BCUT2D eigenvalue weighted by atomic mass is 9.92. The molecule has 0 heterocycles. The monoisotopic (exact) mass is 268 g/mol. The fourth-order valence-electron chi connectivity index (χ4n) is 1.82. The van der Waals surface area contributed by atoms with E-state index in [-0.39, 0.29) is 12.0 Å². The highest BCUT2D eigenvalue weighted by atomic mass is 32.1. The fourth-order valence-corrected chi connectivity index (χ4v) is 2.01. The van der Waals surface area contributed by atoms with Crippen molar-refractivity contribution in [3.8, 4) is 0 Å². The standard InChI is InChI=1S/C13H16O4S/c14-12(15)10(5-3-7-18)8-9-4-1-2-6-11(9)13(16)17/h1-2,4,6,10,18H,3,5,7-8H2,(H,14,15)(H,16,17). The number of carbonyl (C=O) groups is 2. The molecule has 1 atom stereocenters. The number of benzene rings is 1. The van der Waals surface area contributed by atoms with E-state index in [2.05, 4.69) is 12.6 Å². The molecule has 0 spiro atoms. The molecule has 18 heavy (non-hydrogen) atoms. The highest BCUT2D eigenvalue weighted by Crippen LogP contribution is 2.18. The highest BCUT2D eigenvalue weighted by Gasteiger charge is 2.20. The van der Waals surface area contributed by atoms with Gasteiger partial charge in [-0.1, -0.05) is 18.2 Å². The van der Waals surface area contributed by atoms with Gasteiger partial charge in [-0.15, -0.1) is 0 Å². The molecule has 0 radical (unpaired) electrons. The molecule has 5 heteroatoms. The van der Waals surface area contributed by atoms with E-state index in [1.54, 1.807) is 18.2 Å². The van der Waals surface area contributed by atoms with Crippen LogP contribution in [-0.2, 0) is 11.2 Å². The van der Waals surface area contributed by atoms with Gasteiger partial charge in [0.05, 0.1) is 11.5 Å². The molecular weight excluding hydrogens is 252 g/mol. The smallest absolute Gasteiger partial charge is 0.335 e. The molecule has 2 N–H and O–H groups in total. The van der Waals surface area contributed by atoms with Gasteiger partial charge in [-0.3, -0.25) is 4.79 Å². The van der Waals surface area contributed by atoms with Crippen molar-refractivity contribution in [3.63, 3.8) is 0 Å². The highest BCUT2D eigenvalue weighted by molar-refractivity contribution is 7.80. The molecule has 0 aliphatic carbocycles. The Morgan fingerprint density at radius 1 is 1.22 bits per heavy atom. The zero-order valence-corrected chi connectivity index (χ0v) is 10.8. The minimum absolute atomic E-state index is 0.176. The van der Waals surface area contributed by atoms with E-state index in [0.29, 0.717) is 24.2 Å². The summed E-state index contributed by atoms with van der Waals surface area (Å²) in [6, 6.07) is 6.52. The minimum Gasteiger partial charge on any atom is -0.481 e. The van der Waals surface area contributed by atoms with Gasteiger partial charge in [0.15, 0.2) is 0 Å². The summed E-state index contributed by atoms with van der Waals surface area (Å²) in [6.07, 6.45) is 1.45. The molecule has 0 amide bonds. The summed E-state index contributed by atoms with van der Waals surface area (Å²) in [7, 11) is 0. The predicted octanol–water partition coefficient (Wildman–Crippen LogP) is 2.34. The molecule has 1 rings (SSSR count). The maximum atomic E-state index is 11.1. The Balaban J connectivity index is 2.86. The van der Waals surface area contributed by atoms with Crippen molar-refractivity contribution in [2.24, 2.45) is 5.92 Å². The summed E-state index contributed by atoms with van der Waals surface area (Å²) < 4.78 is 0. The number of aliphatic carboxylic acids is 1. The number of rotatable bonds is 7. The lowest BCUT2D eigenvalue weighted by Crippen LogP contribution is -2.18. The largest absolute Gasteiger partial charge is 0.481 e. The van der Waals surface area contributed by atoms with Crippen molar-refractivity contribution in [2.45, 2.75) is 19.3 Å². The summed E-state index contributed by atoms with van der Waals surface area (Å²) >= 11 is 4.06. The number of carboxylic acids is 2. The average molecular weight is 268 g/mol. The number of hydrogen-bond acceptors (Lipinski definition) is 3. The second-order valence-corrected chi connectivity index (χ2v) is 4.51. The van der Waals surface area contributed by atoms with Gasteiger partial charge in [0.25, 0.3) is 0 Å². The molecule has 0 saturated carbocycles. The van der Waals surface area contributed by atoms with Crippen molar-refractivity contribution in [1.82, 2.24) is 0 Å². The van der Waals surface area contributed by atoms with E-state index in [0.717, 1.165) is 0 Å². The number of aromatic carboxylic acids is 1. The van der Waals surface area contributed by atoms with E-state index in [4.69, 9.17) is 10.2 Å². The van der Waals surface area contributed by atoms with Crippen molar-refractivity contribution >= 4 is 24.6 Å². The Morgan fingerprint density at radius 3 is 2.44 bits per heavy atom. The Kier molecular flexibility index (Phi) is 5.71. The first kappa shape index (κ1) is 14.6. The molecule has 0 aliphatic heterocycles. The van der Waals surface area contributed by atoms with Crippen molar-refractivity contribution in [2.75, 3.05) is 5.75 Å². The molecule has 98 valence electrons. The number of carboxylic acid groups (broad SMARTS) is 2. The zero-order valence-electron chi connectivity index (χ0n) is 9.87. The Labute approximate surface area is 111 Å². The van der Waals surface area contributed by atoms with E-state index in [9.17, 15) is 9.59 Å². The Bertz CT molecular complexity index is 431. The molecule has 0 saturated heterocycles. The number of thiol groups is 1. The van der Waals surface area contributed by atoms with E-state index >= 15 is 0 Å². The summed E-state index contributed by atoms with van der Waals surface area (Å²) in [5.41, 5.74) is 0.742. The van der Waals surface area contributed by atoms with Gasteiger partial charge in [0.2, 0.25) is 0 Å². The van der Waals surface area contributed by atoms with Crippen LogP contribution in [0.1, 0.15) is 28.8 Å². The zero-order chi connectivity index (χ0) is 13.5. The lowest BCUT2D eigenvalue weighted by molar-refractivity contribution is -0.141. The molecule has 1 aromatic carbocycles. The molecule has 1 aromatic rings. The molecule has 1 unspecified atom stereocenters. The van der Waals surface area contributed by atoms with Crippen LogP contribution in [-0.4, -0.2) is 27.9 Å². The van der Waals surface area contributed by atoms with Gasteiger partial charge < -0.3 is 10.2 Å². The quantitative estimate of drug-likeness (QED) is 0.663. The average Bonchev–Trinajstić information content (AvgIpc) is 2.34. The second kappa shape index (κ2) is 7.06. The van der Waals surface area contributed by atoms with Crippen LogP contribution in [0, 0.1) is 5.92 Å². The maximum absolute atomic E-state index is 11.1. The van der Waals surface area contributed by atoms with Gasteiger partial charge >= 0.3 is 11.9 Å². The van der Waals surface area contributed by atoms with Crippen molar-refractivity contribution in [3.05, 3.63) is 35.4 Å². The molecule has 4 nitrogen and oxygen atoms in total. The second-order valence-electron chi connectivity index (χ2n) is 4.07. The maximum Gasteiger partial charge on any atom is 0.335 e. The minimum atomic E-state index is -1.02. The van der Waals surface area contributed by atoms with Crippen LogP contribution in [0.25, 0.3) is 0 Å². The van der Waals surface area contributed by atoms with Gasteiger partial charge in [0, 0.05) is 0 Å². The van der Waals surface area contributed by atoms with Gasteiger partial charge in [-0.25, -0.2) is 4.79 Å². The Morgan fingerprint density at radius 2 is 1.89 bits per heavy atom. The van der Waals surface area contributed by atoms with Crippen LogP contribution in [0.4, 0.5) is 0 Å². The SMILES string of the molecule is O=C(O)c1ccccc1CC(CCCS)C(=O)O. The fraction of sp³-hybridized carbons (Fsp3) is 0.385. The first-order valence-corrected chi connectivity index (χ1v) is 6.34. The molecular formula is C13H16O4S. The normalized spacial score (nSPS) is 12.1. The summed E-state index contributed by atoms with van der Waals surface area (Å²) in [4.78, 5) is 22.1. The van der Waals surface area contributed by atoms with E-state index < -0.39 is 17.9 Å². The van der Waals surface area contributed by atoms with Crippen LogP contribution in [0.2, 0.25) is 0 Å². The van der Waals surface area contributed by atoms with Crippen molar-refractivity contribution in [1.29, 1.82) is 0 Å². The predicted molar refractivity (Wildman–Crippen MR) is 71.3 cm³/mol. The van der Waals surface area contributed by atoms with Crippen LogP contribution < -0.4 is 0 Å². The molecule has 0 fully saturated rings. The molecule has 0 bridgehead atoms. The molecule has 0 aliphatic rings. The van der Waals surface area contributed by atoms with Gasteiger partial charge in [-0.05, 0) is 36.6 Å². The summed E-state index contributed by atoms with van der Waals surface area (Å²) in [6.45, 7) is 0. The topological polar surface area (TPSA) is 74.6 Å². The third kappa shape index (κ3) is 4.07. The third-order valence-electron chi connectivity index (χ3n) is 2.77. The first-order valence-electron chi connectivity index (χ1n) is 5.71. The lowest BCUT2D eigenvalue weighted by Gasteiger charge is -2.13. The summed E-state index contributed by atoms with van der Waals surface area (Å²) in [5.74, 6) is -1.84. The van der Waals surface area contributed by atoms with Crippen LogP contribution in [0.3, 0.4) is 0 Å². The first-order chi connectivity index (χ1) is 8.56. The van der Waals surface area contributed by atoms with Crippen molar-refractivity contribution < 1.29 is 19.8 Å². The van der Waals surface area contributed by atoms with Gasteiger partial charge in [0.1, 0.15) is 0 Å². The van der Waals surface area contributed by atoms with Crippen LogP contribution in [0.15, 0.2) is 24.3 Å². The van der Waals surface area contributed by atoms with E-state index in [1.807, 2.05) is 0 Å². The molecule has 0 aromatic heterocycles. The van der Waals surface area contributed by atoms with Gasteiger partial charge in [-0.2, -0.15) is 12.6 Å². The Hall–Kier alpha value is -1.49. The van der Waals surface area contributed by atoms with E-state index in [1.165, 1.54) is 6.07 Å². The third-order valence-corrected chi connectivity index (χ3v) is 3.09.